The van der Waals surface area contributed by atoms with Crippen LogP contribution in [0.1, 0.15) is 62.6 Å². The lowest BCUT2D eigenvalue weighted by Gasteiger charge is -2.26. The second-order valence-corrected chi connectivity index (χ2v) is 5.51. The molecule has 4 heteroatoms. The van der Waals surface area contributed by atoms with Crippen molar-refractivity contribution >= 4 is 5.91 Å². The molecule has 0 spiro atoms. The molecule has 1 atom stereocenters. The van der Waals surface area contributed by atoms with Gasteiger partial charge in [0.1, 0.15) is 11.5 Å². The molecule has 0 aliphatic carbocycles. The number of amides is 1. The fraction of sp³-hybridized carbons (Fsp3) is 0.562. The zero-order chi connectivity index (χ0) is 14.5. The van der Waals surface area contributed by atoms with E-state index in [9.17, 15) is 15.0 Å². The molecule has 110 valence electrons. The lowest BCUT2D eigenvalue weighted by Crippen LogP contribution is -2.33. The van der Waals surface area contributed by atoms with Crippen LogP contribution in [0.4, 0.5) is 0 Å². The number of phenolic OH excluding ortho intramolecular Hbond substituents is 2. The van der Waals surface area contributed by atoms with Crippen molar-refractivity contribution < 1.29 is 15.0 Å². The summed E-state index contributed by atoms with van der Waals surface area (Å²) >= 11 is 0. The van der Waals surface area contributed by atoms with Gasteiger partial charge in [-0.2, -0.15) is 0 Å². The number of piperidine rings is 1. The zero-order valence-electron chi connectivity index (χ0n) is 12.0. The van der Waals surface area contributed by atoms with Gasteiger partial charge in [0.05, 0.1) is 6.04 Å². The van der Waals surface area contributed by atoms with Crippen LogP contribution in [-0.2, 0) is 11.2 Å². The van der Waals surface area contributed by atoms with Gasteiger partial charge in [0.15, 0.2) is 0 Å². The third kappa shape index (κ3) is 3.44. The highest BCUT2D eigenvalue weighted by atomic mass is 16.3. The monoisotopic (exact) mass is 277 g/mol. The minimum atomic E-state index is -0.131. The van der Waals surface area contributed by atoms with Gasteiger partial charge in [0, 0.05) is 18.1 Å². The predicted molar refractivity (Wildman–Crippen MR) is 77.7 cm³/mol. The molecular formula is C16H23NO3. The molecule has 20 heavy (non-hydrogen) atoms. The van der Waals surface area contributed by atoms with Crippen molar-refractivity contribution in [2.75, 3.05) is 0 Å². The summed E-state index contributed by atoms with van der Waals surface area (Å²) in [7, 11) is 0. The summed E-state index contributed by atoms with van der Waals surface area (Å²) in [6, 6.07) is 2.94. The largest absolute Gasteiger partial charge is 0.508 e. The van der Waals surface area contributed by atoms with Gasteiger partial charge in [0.2, 0.25) is 5.91 Å². The van der Waals surface area contributed by atoms with Crippen LogP contribution in [0.3, 0.4) is 0 Å². The second-order valence-electron chi connectivity index (χ2n) is 5.51. The maximum absolute atomic E-state index is 11.6. The number of aromatic hydroxyl groups is 2. The molecule has 1 heterocycles. The minimum Gasteiger partial charge on any atom is -0.508 e. The fourth-order valence-electron chi connectivity index (χ4n) is 2.88. The first-order chi connectivity index (χ1) is 9.61. The van der Waals surface area contributed by atoms with Crippen molar-refractivity contribution in [2.45, 2.75) is 57.9 Å². The van der Waals surface area contributed by atoms with E-state index in [0.717, 1.165) is 49.7 Å². The summed E-state index contributed by atoms with van der Waals surface area (Å²) in [5, 5.41) is 22.8. The standard InChI is InChI=1S/C16H23NO3/c1-2-3-4-6-11-9-12(18)10-14(19)16(11)13-7-5-8-15(20)17-13/h9-10,13,18-19H,2-8H2,1H3,(H,17,20). The normalized spacial score (nSPS) is 18.9. The molecule has 1 aromatic rings. The summed E-state index contributed by atoms with van der Waals surface area (Å²) in [5.74, 6) is 0.205. The highest BCUT2D eigenvalue weighted by Gasteiger charge is 2.25. The molecule has 0 aromatic heterocycles. The maximum Gasteiger partial charge on any atom is 0.220 e. The van der Waals surface area contributed by atoms with Gasteiger partial charge in [-0.15, -0.1) is 0 Å². The molecule has 1 unspecified atom stereocenters. The van der Waals surface area contributed by atoms with Crippen LogP contribution < -0.4 is 5.32 Å². The Morgan fingerprint density at radius 3 is 2.80 bits per heavy atom. The second kappa shape index (κ2) is 6.64. The first kappa shape index (κ1) is 14.7. The van der Waals surface area contributed by atoms with Crippen molar-refractivity contribution in [3.05, 3.63) is 23.3 Å². The summed E-state index contributed by atoms with van der Waals surface area (Å²) in [4.78, 5) is 11.6. The maximum atomic E-state index is 11.6. The van der Waals surface area contributed by atoms with E-state index in [1.807, 2.05) is 0 Å². The van der Waals surface area contributed by atoms with Crippen LogP contribution in [0, 0.1) is 0 Å². The van der Waals surface area contributed by atoms with Gasteiger partial charge in [0.25, 0.3) is 0 Å². The summed E-state index contributed by atoms with van der Waals surface area (Å²) in [5.41, 5.74) is 1.73. The highest BCUT2D eigenvalue weighted by molar-refractivity contribution is 5.77. The Bertz CT molecular complexity index is 485. The Labute approximate surface area is 119 Å². The molecule has 1 amide bonds. The minimum absolute atomic E-state index is 0.0354. The number of hydrogen-bond donors (Lipinski definition) is 3. The van der Waals surface area contributed by atoms with Crippen molar-refractivity contribution in [3.8, 4) is 11.5 Å². The molecule has 2 rings (SSSR count). The molecule has 1 saturated heterocycles. The first-order valence-corrected chi connectivity index (χ1v) is 7.46. The van der Waals surface area contributed by atoms with Gasteiger partial charge < -0.3 is 15.5 Å². The molecule has 3 N–H and O–H groups in total. The molecule has 0 bridgehead atoms. The lowest BCUT2D eigenvalue weighted by molar-refractivity contribution is -0.123. The molecule has 1 aliphatic heterocycles. The number of phenols is 2. The van der Waals surface area contributed by atoms with Crippen molar-refractivity contribution in [1.82, 2.24) is 5.32 Å². The highest BCUT2D eigenvalue weighted by Crippen LogP contribution is 2.36. The smallest absolute Gasteiger partial charge is 0.220 e. The van der Waals surface area contributed by atoms with E-state index in [1.165, 1.54) is 6.07 Å². The molecule has 0 radical (unpaired) electrons. The zero-order valence-corrected chi connectivity index (χ0v) is 12.0. The van der Waals surface area contributed by atoms with Crippen molar-refractivity contribution in [3.63, 3.8) is 0 Å². The third-order valence-electron chi connectivity index (χ3n) is 3.86. The number of carbonyl (C=O) groups is 1. The summed E-state index contributed by atoms with van der Waals surface area (Å²) in [6.45, 7) is 2.14. The van der Waals surface area contributed by atoms with Crippen LogP contribution in [0.15, 0.2) is 12.1 Å². The molecule has 1 fully saturated rings. The van der Waals surface area contributed by atoms with E-state index in [-0.39, 0.29) is 23.4 Å². The van der Waals surface area contributed by atoms with Gasteiger partial charge in [-0.05, 0) is 37.3 Å². The van der Waals surface area contributed by atoms with Crippen molar-refractivity contribution in [1.29, 1.82) is 0 Å². The fourth-order valence-corrected chi connectivity index (χ4v) is 2.88. The van der Waals surface area contributed by atoms with E-state index in [1.54, 1.807) is 6.07 Å². The average molecular weight is 277 g/mol. The van der Waals surface area contributed by atoms with Crippen LogP contribution >= 0.6 is 0 Å². The molecular weight excluding hydrogens is 254 g/mol. The van der Waals surface area contributed by atoms with Crippen LogP contribution in [0.5, 0.6) is 11.5 Å². The van der Waals surface area contributed by atoms with Gasteiger partial charge >= 0.3 is 0 Å². The van der Waals surface area contributed by atoms with E-state index in [0.29, 0.717) is 6.42 Å². The predicted octanol–water partition coefficient (Wildman–Crippen LogP) is 3.17. The van der Waals surface area contributed by atoms with Crippen LogP contribution in [0.25, 0.3) is 0 Å². The number of benzene rings is 1. The van der Waals surface area contributed by atoms with Crippen molar-refractivity contribution in [2.24, 2.45) is 0 Å². The Morgan fingerprint density at radius 1 is 1.30 bits per heavy atom. The summed E-state index contributed by atoms with van der Waals surface area (Å²) < 4.78 is 0. The Balaban J connectivity index is 2.26. The molecule has 1 aliphatic rings. The molecule has 0 saturated carbocycles. The van der Waals surface area contributed by atoms with E-state index >= 15 is 0 Å². The van der Waals surface area contributed by atoms with Crippen LogP contribution in [0.2, 0.25) is 0 Å². The molecule has 1 aromatic carbocycles. The SMILES string of the molecule is CCCCCc1cc(O)cc(O)c1C1CCCC(=O)N1. The topological polar surface area (TPSA) is 69.6 Å². The summed E-state index contributed by atoms with van der Waals surface area (Å²) in [6.07, 6.45) is 6.31. The van der Waals surface area contributed by atoms with Gasteiger partial charge in [-0.3, -0.25) is 4.79 Å². The Hall–Kier alpha value is -1.71. The average Bonchev–Trinajstić information content (AvgIpc) is 2.38. The first-order valence-electron chi connectivity index (χ1n) is 7.46. The quantitative estimate of drug-likeness (QED) is 0.724. The number of unbranched alkanes of at least 4 members (excludes halogenated alkanes) is 2. The third-order valence-corrected chi connectivity index (χ3v) is 3.86. The molecule has 4 nitrogen and oxygen atoms in total. The van der Waals surface area contributed by atoms with E-state index in [4.69, 9.17) is 0 Å². The van der Waals surface area contributed by atoms with Crippen LogP contribution in [-0.4, -0.2) is 16.1 Å². The Morgan fingerprint density at radius 2 is 2.10 bits per heavy atom. The number of carbonyl (C=O) groups excluding carboxylic acids is 1. The van der Waals surface area contributed by atoms with Gasteiger partial charge in [-0.1, -0.05) is 19.8 Å². The van der Waals surface area contributed by atoms with E-state index in [2.05, 4.69) is 12.2 Å². The Kier molecular flexibility index (Phi) is 4.88. The number of hydrogen-bond acceptors (Lipinski definition) is 3. The lowest BCUT2D eigenvalue weighted by atomic mass is 9.90. The number of nitrogens with one attached hydrogen (secondary N) is 1. The number of rotatable bonds is 5. The van der Waals surface area contributed by atoms with Gasteiger partial charge in [-0.25, -0.2) is 0 Å². The van der Waals surface area contributed by atoms with E-state index < -0.39 is 0 Å². The number of aryl methyl sites for hydroxylation is 1.